The number of nitrogens with one attached hydrogen (secondary N) is 1. The summed E-state index contributed by atoms with van der Waals surface area (Å²) in [6.07, 6.45) is 2.33. The molecule has 1 amide bonds. The van der Waals surface area contributed by atoms with Gasteiger partial charge in [0.15, 0.2) is 0 Å². The van der Waals surface area contributed by atoms with E-state index in [0.717, 1.165) is 12.8 Å². The largest absolute Gasteiger partial charge is 0.339 e. The van der Waals surface area contributed by atoms with Crippen LogP contribution < -0.4 is 4.72 Å². The molecule has 6 nitrogen and oxygen atoms in total. The van der Waals surface area contributed by atoms with Gasteiger partial charge in [0.25, 0.3) is 0 Å². The van der Waals surface area contributed by atoms with Gasteiger partial charge in [0.05, 0.1) is 16.7 Å². The lowest BCUT2D eigenvalue weighted by molar-refractivity contribution is -0.135. The highest BCUT2D eigenvalue weighted by Gasteiger charge is 2.25. The van der Waals surface area contributed by atoms with Crippen molar-refractivity contribution in [2.24, 2.45) is 0 Å². The van der Waals surface area contributed by atoms with E-state index in [2.05, 4.69) is 4.72 Å². The SMILES string of the molecule is CC(CNS(=O)(=O)c1ccc(C#N)cc1Cl)N1CCCCC1=O. The fourth-order valence-electron chi connectivity index (χ4n) is 2.50. The molecule has 1 aromatic carbocycles. The smallest absolute Gasteiger partial charge is 0.242 e. The van der Waals surface area contributed by atoms with E-state index in [0.29, 0.717) is 18.5 Å². The molecular weight excluding hydrogens is 338 g/mol. The number of nitrogens with zero attached hydrogens (tertiary/aromatic N) is 2. The predicted octanol–water partition coefficient (Wildman–Crippen LogP) is 1.89. The van der Waals surface area contributed by atoms with Gasteiger partial charge in [-0.2, -0.15) is 5.26 Å². The lowest BCUT2D eigenvalue weighted by Gasteiger charge is -2.32. The molecule has 23 heavy (non-hydrogen) atoms. The Morgan fingerprint density at radius 2 is 2.17 bits per heavy atom. The second kappa shape index (κ2) is 7.30. The number of benzene rings is 1. The molecule has 0 radical (unpaired) electrons. The van der Waals surface area contributed by atoms with Crippen LogP contribution in [0.4, 0.5) is 0 Å². The van der Waals surface area contributed by atoms with Crippen LogP contribution in [0.5, 0.6) is 0 Å². The lowest BCUT2D eigenvalue weighted by Crippen LogP contribution is -2.47. The van der Waals surface area contributed by atoms with Crippen LogP contribution in [-0.2, 0) is 14.8 Å². The number of carbonyl (C=O) groups excluding carboxylic acids is 1. The molecule has 1 unspecified atom stereocenters. The van der Waals surface area contributed by atoms with Gasteiger partial charge in [-0.05, 0) is 38.0 Å². The van der Waals surface area contributed by atoms with Gasteiger partial charge in [-0.25, -0.2) is 13.1 Å². The molecule has 1 atom stereocenters. The van der Waals surface area contributed by atoms with Crippen molar-refractivity contribution in [1.29, 1.82) is 5.26 Å². The van der Waals surface area contributed by atoms with E-state index in [-0.39, 0.29) is 28.4 Å². The summed E-state index contributed by atoms with van der Waals surface area (Å²) in [5, 5.41) is 8.79. The van der Waals surface area contributed by atoms with Gasteiger partial charge in [0.1, 0.15) is 4.90 Å². The number of rotatable bonds is 5. The summed E-state index contributed by atoms with van der Waals surface area (Å²) in [7, 11) is -3.80. The molecule has 8 heteroatoms. The minimum absolute atomic E-state index is 0.00162. The van der Waals surface area contributed by atoms with E-state index in [9.17, 15) is 13.2 Å². The van der Waals surface area contributed by atoms with Crippen molar-refractivity contribution in [3.8, 4) is 6.07 Å². The summed E-state index contributed by atoms with van der Waals surface area (Å²) in [4.78, 5) is 13.5. The van der Waals surface area contributed by atoms with Crippen LogP contribution >= 0.6 is 11.6 Å². The zero-order valence-corrected chi connectivity index (χ0v) is 14.3. The summed E-state index contributed by atoms with van der Waals surface area (Å²) >= 11 is 5.95. The van der Waals surface area contributed by atoms with E-state index in [1.54, 1.807) is 4.90 Å². The third-order valence-electron chi connectivity index (χ3n) is 3.81. The Morgan fingerprint density at radius 1 is 1.43 bits per heavy atom. The Hall–Kier alpha value is -1.62. The summed E-state index contributed by atoms with van der Waals surface area (Å²) in [6, 6.07) is 5.69. The Bertz CT molecular complexity index is 743. The van der Waals surface area contributed by atoms with Crippen LogP contribution in [0.25, 0.3) is 0 Å². The number of hydrogen-bond acceptors (Lipinski definition) is 4. The van der Waals surface area contributed by atoms with Gasteiger partial charge in [0, 0.05) is 25.6 Å². The molecule has 0 bridgehead atoms. The molecule has 1 saturated heterocycles. The summed E-state index contributed by atoms with van der Waals surface area (Å²) in [5.41, 5.74) is 0.293. The maximum absolute atomic E-state index is 12.3. The monoisotopic (exact) mass is 355 g/mol. The highest BCUT2D eigenvalue weighted by molar-refractivity contribution is 7.89. The third-order valence-corrected chi connectivity index (χ3v) is 5.72. The van der Waals surface area contributed by atoms with Crippen LogP contribution in [0.2, 0.25) is 5.02 Å². The standard InChI is InChI=1S/C15H18ClN3O3S/c1-11(19-7-3-2-4-15(19)20)10-18-23(21,22)14-6-5-12(9-17)8-13(14)16/h5-6,8,11,18H,2-4,7,10H2,1H3. The van der Waals surface area contributed by atoms with E-state index in [1.807, 2.05) is 13.0 Å². The summed E-state index contributed by atoms with van der Waals surface area (Å²) in [6.45, 7) is 2.58. The topological polar surface area (TPSA) is 90.3 Å². The molecular formula is C15H18ClN3O3S. The van der Waals surface area contributed by atoms with E-state index in [1.165, 1.54) is 18.2 Å². The minimum atomic E-state index is -3.80. The van der Waals surface area contributed by atoms with Crippen molar-refractivity contribution in [2.75, 3.05) is 13.1 Å². The lowest BCUT2D eigenvalue weighted by atomic mass is 10.1. The number of sulfonamides is 1. The zero-order valence-electron chi connectivity index (χ0n) is 12.8. The van der Waals surface area contributed by atoms with Gasteiger partial charge in [0.2, 0.25) is 15.9 Å². The van der Waals surface area contributed by atoms with Crippen LogP contribution in [0.15, 0.2) is 23.1 Å². The van der Waals surface area contributed by atoms with Crippen molar-refractivity contribution < 1.29 is 13.2 Å². The highest BCUT2D eigenvalue weighted by Crippen LogP contribution is 2.22. The first-order valence-electron chi connectivity index (χ1n) is 7.34. The highest BCUT2D eigenvalue weighted by atomic mass is 35.5. The molecule has 1 heterocycles. The van der Waals surface area contributed by atoms with Gasteiger partial charge >= 0.3 is 0 Å². The first-order valence-corrected chi connectivity index (χ1v) is 9.20. The number of halogens is 1. The van der Waals surface area contributed by atoms with E-state index in [4.69, 9.17) is 16.9 Å². The fourth-order valence-corrected chi connectivity index (χ4v) is 4.16. The first-order chi connectivity index (χ1) is 10.8. The number of piperidine rings is 1. The van der Waals surface area contributed by atoms with Gasteiger partial charge in [-0.1, -0.05) is 11.6 Å². The van der Waals surface area contributed by atoms with Crippen molar-refractivity contribution in [2.45, 2.75) is 37.1 Å². The number of amides is 1. The average molecular weight is 356 g/mol. The first kappa shape index (κ1) is 17.7. The number of likely N-dealkylation sites (tertiary alicyclic amines) is 1. The molecule has 1 aromatic rings. The van der Waals surface area contributed by atoms with Gasteiger partial charge < -0.3 is 4.90 Å². The van der Waals surface area contributed by atoms with Crippen LogP contribution in [0.1, 0.15) is 31.7 Å². The molecule has 1 aliphatic heterocycles. The van der Waals surface area contributed by atoms with Crippen molar-refractivity contribution in [1.82, 2.24) is 9.62 Å². The Labute approximate surface area is 141 Å². The van der Waals surface area contributed by atoms with E-state index >= 15 is 0 Å². The molecule has 2 rings (SSSR count). The van der Waals surface area contributed by atoms with Crippen LogP contribution in [0, 0.1) is 11.3 Å². The molecule has 0 aromatic heterocycles. The van der Waals surface area contributed by atoms with Crippen LogP contribution in [-0.4, -0.2) is 38.4 Å². The van der Waals surface area contributed by atoms with Crippen molar-refractivity contribution in [3.63, 3.8) is 0 Å². The molecule has 124 valence electrons. The molecule has 0 spiro atoms. The molecule has 1 N–H and O–H groups in total. The molecule has 1 fully saturated rings. The van der Waals surface area contributed by atoms with Gasteiger partial charge in [-0.15, -0.1) is 0 Å². The Kier molecular flexibility index (Phi) is 5.63. The van der Waals surface area contributed by atoms with Crippen molar-refractivity contribution in [3.05, 3.63) is 28.8 Å². The maximum Gasteiger partial charge on any atom is 0.242 e. The third kappa shape index (κ3) is 4.22. The van der Waals surface area contributed by atoms with E-state index < -0.39 is 10.0 Å². The van der Waals surface area contributed by atoms with Gasteiger partial charge in [-0.3, -0.25) is 4.79 Å². The zero-order chi connectivity index (χ0) is 17.0. The predicted molar refractivity (Wildman–Crippen MR) is 86.4 cm³/mol. The molecule has 1 aliphatic rings. The average Bonchev–Trinajstić information content (AvgIpc) is 2.52. The number of nitriles is 1. The number of carbonyl (C=O) groups is 1. The van der Waals surface area contributed by atoms with Crippen LogP contribution in [0.3, 0.4) is 0 Å². The summed E-state index contributed by atoms with van der Waals surface area (Å²) in [5.74, 6) is 0.0550. The summed E-state index contributed by atoms with van der Waals surface area (Å²) < 4.78 is 27.2. The Morgan fingerprint density at radius 3 is 2.78 bits per heavy atom. The second-order valence-corrected chi connectivity index (χ2v) is 7.64. The fraction of sp³-hybridized carbons (Fsp3) is 0.467. The minimum Gasteiger partial charge on any atom is -0.339 e. The molecule has 0 saturated carbocycles. The normalized spacial score (nSPS) is 16.9. The maximum atomic E-state index is 12.3. The Balaban J connectivity index is 2.07. The molecule has 0 aliphatic carbocycles. The number of hydrogen-bond donors (Lipinski definition) is 1. The van der Waals surface area contributed by atoms with Crippen molar-refractivity contribution >= 4 is 27.5 Å². The second-order valence-electron chi connectivity index (χ2n) is 5.50. The quantitative estimate of drug-likeness (QED) is 0.873.